The van der Waals surface area contributed by atoms with Crippen molar-refractivity contribution in [3.63, 3.8) is 0 Å². The van der Waals surface area contributed by atoms with Crippen LogP contribution in [0.15, 0.2) is 24.3 Å². The summed E-state index contributed by atoms with van der Waals surface area (Å²) in [6.45, 7) is 6.08. The normalized spacial score (nSPS) is 12.7. The van der Waals surface area contributed by atoms with Crippen molar-refractivity contribution >= 4 is 6.29 Å². The minimum Gasteiger partial charge on any atom is -0.303 e. The Morgan fingerprint density at radius 2 is 1.60 bits per heavy atom. The molecule has 0 N–H and O–H groups in total. The molecule has 1 nitrogen and oxygen atoms in total. The lowest BCUT2D eigenvalue weighted by Crippen LogP contribution is -2.10. The summed E-state index contributed by atoms with van der Waals surface area (Å²) in [6.07, 6.45) is 15.2. The van der Waals surface area contributed by atoms with E-state index in [1.807, 2.05) is 13.8 Å². The van der Waals surface area contributed by atoms with Crippen LogP contribution < -0.4 is 0 Å². The maximum absolute atomic E-state index is 10.6. The zero-order valence-electron chi connectivity index (χ0n) is 10.3. The number of carbonyl (C=O) groups excluding carboxylic acids is 1. The highest BCUT2D eigenvalue weighted by Gasteiger charge is 2.13. The minimum atomic E-state index is -0.196. The zero-order chi connectivity index (χ0) is 11.6. The van der Waals surface area contributed by atoms with Crippen LogP contribution >= 0.6 is 0 Å². The summed E-state index contributed by atoms with van der Waals surface area (Å²) in [5, 5.41) is 0. The van der Waals surface area contributed by atoms with E-state index in [0.717, 1.165) is 32.0 Å². The summed E-state index contributed by atoms with van der Waals surface area (Å²) < 4.78 is 0. The van der Waals surface area contributed by atoms with Crippen molar-refractivity contribution in [2.75, 3.05) is 0 Å². The smallest absolute Gasteiger partial charge is 0.125 e. The largest absolute Gasteiger partial charge is 0.303 e. The molecule has 0 aliphatic carbocycles. The minimum absolute atomic E-state index is 0.196. The molecule has 0 aromatic rings. The van der Waals surface area contributed by atoms with Gasteiger partial charge in [-0.3, -0.25) is 0 Å². The van der Waals surface area contributed by atoms with Gasteiger partial charge in [0.25, 0.3) is 0 Å². The molecule has 0 rings (SSSR count). The highest BCUT2D eigenvalue weighted by atomic mass is 16.1. The molecule has 0 heterocycles. The fraction of sp³-hybridized carbons (Fsp3) is 0.643. The third-order valence-corrected chi connectivity index (χ3v) is 2.27. The van der Waals surface area contributed by atoms with E-state index in [0.29, 0.717) is 0 Å². The lowest BCUT2D eigenvalue weighted by molar-refractivity contribution is -0.114. The number of rotatable bonds is 8. The first-order valence-corrected chi connectivity index (χ1v) is 5.88. The van der Waals surface area contributed by atoms with Crippen LogP contribution in [0, 0.1) is 5.41 Å². The first-order chi connectivity index (χ1) is 7.12. The van der Waals surface area contributed by atoms with Gasteiger partial charge in [-0.15, -0.1) is 0 Å². The molecule has 0 saturated carbocycles. The van der Waals surface area contributed by atoms with Crippen molar-refractivity contribution in [1.29, 1.82) is 0 Å². The molecule has 0 fully saturated rings. The summed E-state index contributed by atoms with van der Waals surface area (Å²) in [6, 6.07) is 0. The third kappa shape index (κ3) is 9.45. The molecule has 0 spiro atoms. The van der Waals surface area contributed by atoms with E-state index in [-0.39, 0.29) is 5.41 Å². The van der Waals surface area contributed by atoms with Gasteiger partial charge in [-0.1, -0.05) is 45.1 Å². The molecule has 0 aromatic carbocycles. The van der Waals surface area contributed by atoms with Gasteiger partial charge in [-0.2, -0.15) is 0 Å². The van der Waals surface area contributed by atoms with E-state index in [1.54, 1.807) is 0 Å². The Morgan fingerprint density at radius 3 is 2.13 bits per heavy atom. The number of carbonyl (C=O) groups is 1. The Morgan fingerprint density at radius 1 is 1.00 bits per heavy atom. The van der Waals surface area contributed by atoms with E-state index in [1.165, 1.54) is 6.42 Å². The van der Waals surface area contributed by atoms with Crippen molar-refractivity contribution in [1.82, 2.24) is 0 Å². The summed E-state index contributed by atoms with van der Waals surface area (Å²) in [5.74, 6) is 0. The third-order valence-electron chi connectivity index (χ3n) is 2.27. The van der Waals surface area contributed by atoms with Crippen LogP contribution in [-0.4, -0.2) is 6.29 Å². The molecule has 0 unspecified atom stereocenters. The van der Waals surface area contributed by atoms with Crippen LogP contribution in [0.5, 0.6) is 0 Å². The lowest BCUT2D eigenvalue weighted by Gasteiger charge is -2.12. The molecule has 0 bridgehead atoms. The highest BCUT2D eigenvalue weighted by Crippen LogP contribution is 2.17. The van der Waals surface area contributed by atoms with E-state index in [9.17, 15) is 4.79 Å². The zero-order valence-corrected chi connectivity index (χ0v) is 10.3. The summed E-state index contributed by atoms with van der Waals surface area (Å²) in [7, 11) is 0. The van der Waals surface area contributed by atoms with E-state index < -0.39 is 0 Å². The Kier molecular flexibility index (Phi) is 7.98. The number of hydrogen-bond donors (Lipinski definition) is 0. The van der Waals surface area contributed by atoms with Crippen LogP contribution in [0.1, 0.15) is 52.9 Å². The van der Waals surface area contributed by atoms with Crippen molar-refractivity contribution in [2.45, 2.75) is 52.9 Å². The molecule has 86 valence electrons. The molecule has 0 aliphatic rings. The van der Waals surface area contributed by atoms with Crippen molar-refractivity contribution in [2.24, 2.45) is 5.41 Å². The summed E-state index contributed by atoms with van der Waals surface area (Å²) in [5.41, 5.74) is -0.196. The maximum atomic E-state index is 10.6. The van der Waals surface area contributed by atoms with Crippen molar-refractivity contribution < 1.29 is 4.79 Å². The molecular formula is C14H24O. The molecule has 15 heavy (non-hydrogen) atoms. The maximum Gasteiger partial charge on any atom is 0.125 e. The molecule has 0 aromatic heterocycles. The predicted molar refractivity (Wildman–Crippen MR) is 66.9 cm³/mol. The van der Waals surface area contributed by atoms with Crippen LogP contribution in [0.4, 0.5) is 0 Å². The van der Waals surface area contributed by atoms with E-state index >= 15 is 0 Å². The van der Waals surface area contributed by atoms with E-state index in [2.05, 4.69) is 31.2 Å². The Bertz CT molecular complexity index is 211. The first kappa shape index (κ1) is 14.2. The Labute approximate surface area is 94.3 Å². The average Bonchev–Trinajstić information content (AvgIpc) is 2.22. The van der Waals surface area contributed by atoms with Gasteiger partial charge in [0.1, 0.15) is 6.29 Å². The number of unbranched alkanes of at least 4 members (excludes halogenated alkanes) is 2. The monoisotopic (exact) mass is 208 g/mol. The Balaban J connectivity index is 3.47. The molecule has 0 saturated heterocycles. The SMILES string of the molecule is CC/C=C/CCC/C=C/CC(C)(C)C=O. The number of allylic oxidation sites excluding steroid dienone is 4. The molecular weight excluding hydrogens is 184 g/mol. The summed E-state index contributed by atoms with van der Waals surface area (Å²) in [4.78, 5) is 10.6. The van der Waals surface area contributed by atoms with Gasteiger partial charge < -0.3 is 4.79 Å². The molecule has 1 heteroatoms. The summed E-state index contributed by atoms with van der Waals surface area (Å²) >= 11 is 0. The predicted octanol–water partition coefficient (Wildman–Crippen LogP) is 4.29. The Hall–Kier alpha value is -0.850. The van der Waals surface area contributed by atoms with Gasteiger partial charge in [-0.05, 0) is 32.1 Å². The van der Waals surface area contributed by atoms with Gasteiger partial charge in [0, 0.05) is 5.41 Å². The highest BCUT2D eigenvalue weighted by molar-refractivity contribution is 5.58. The quantitative estimate of drug-likeness (QED) is 0.330. The van der Waals surface area contributed by atoms with Crippen molar-refractivity contribution in [3.05, 3.63) is 24.3 Å². The average molecular weight is 208 g/mol. The standard InChI is InChI=1S/C14H24O/c1-4-5-6-7-8-9-10-11-12-14(2,3)13-15/h5-6,10-11,13H,4,7-9,12H2,1-3H3/b6-5+,11-10+. The van der Waals surface area contributed by atoms with E-state index in [4.69, 9.17) is 0 Å². The molecule has 0 radical (unpaired) electrons. The molecule has 0 atom stereocenters. The second-order valence-electron chi connectivity index (χ2n) is 4.59. The van der Waals surface area contributed by atoms with Crippen LogP contribution in [0.25, 0.3) is 0 Å². The second kappa shape index (κ2) is 8.46. The fourth-order valence-corrected chi connectivity index (χ4v) is 1.19. The topological polar surface area (TPSA) is 17.1 Å². The fourth-order valence-electron chi connectivity index (χ4n) is 1.19. The van der Waals surface area contributed by atoms with Gasteiger partial charge in [0.2, 0.25) is 0 Å². The number of hydrogen-bond acceptors (Lipinski definition) is 1. The molecule has 0 amide bonds. The van der Waals surface area contributed by atoms with Crippen LogP contribution in [0.3, 0.4) is 0 Å². The van der Waals surface area contributed by atoms with Gasteiger partial charge in [0.15, 0.2) is 0 Å². The van der Waals surface area contributed by atoms with Crippen LogP contribution in [-0.2, 0) is 4.79 Å². The molecule has 0 aliphatic heterocycles. The van der Waals surface area contributed by atoms with Crippen LogP contribution in [0.2, 0.25) is 0 Å². The van der Waals surface area contributed by atoms with Gasteiger partial charge >= 0.3 is 0 Å². The van der Waals surface area contributed by atoms with Crippen molar-refractivity contribution in [3.8, 4) is 0 Å². The second-order valence-corrected chi connectivity index (χ2v) is 4.59. The first-order valence-electron chi connectivity index (χ1n) is 5.88. The van der Waals surface area contributed by atoms with Gasteiger partial charge in [-0.25, -0.2) is 0 Å². The lowest BCUT2D eigenvalue weighted by atomic mass is 9.91. The number of aldehydes is 1. The van der Waals surface area contributed by atoms with Gasteiger partial charge in [0.05, 0.1) is 0 Å².